The minimum absolute atomic E-state index is 0.266. The lowest BCUT2D eigenvalue weighted by atomic mass is 9.98. The first kappa shape index (κ1) is 12.7. The highest BCUT2D eigenvalue weighted by molar-refractivity contribution is 5.35. The molecule has 0 unspecified atom stereocenters. The van der Waals surface area contributed by atoms with Crippen molar-refractivity contribution in [3.8, 4) is 5.75 Å². The molecule has 0 amide bonds. The van der Waals surface area contributed by atoms with Crippen LogP contribution in [-0.2, 0) is 6.61 Å². The van der Waals surface area contributed by atoms with Crippen LogP contribution in [0, 0.1) is 0 Å². The maximum atomic E-state index is 11.3. The van der Waals surface area contributed by atoms with Gasteiger partial charge < -0.3 is 19.4 Å². The Labute approximate surface area is 93.3 Å². The van der Waals surface area contributed by atoms with Crippen molar-refractivity contribution in [3.63, 3.8) is 0 Å². The Kier molecular flexibility index (Phi) is 4.09. The van der Waals surface area contributed by atoms with Crippen LogP contribution in [0.15, 0.2) is 15.3 Å². The highest BCUT2D eigenvalue weighted by Gasteiger charge is 2.21. The summed E-state index contributed by atoms with van der Waals surface area (Å²) in [6, 6.07) is 1.17. The maximum absolute atomic E-state index is 11.3. The number of rotatable bonds is 4. The second-order valence-electron chi connectivity index (χ2n) is 3.66. The lowest BCUT2D eigenvalue weighted by Gasteiger charge is -2.17. The van der Waals surface area contributed by atoms with Crippen molar-refractivity contribution >= 4 is 0 Å². The molecular formula is C11H16O5. The van der Waals surface area contributed by atoms with Gasteiger partial charge in [0.1, 0.15) is 11.5 Å². The first-order chi connectivity index (χ1) is 7.51. The maximum Gasteiger partial charge on any atom is 0.339 e. The monoisotopic (exact) mass is 228 g/mol. The third-order valence-electron chi connectivity index (χ3n) is 2.57. The van der Waals surface area contributed by atoms with Gasteiger partial charge in [-0.3, -0.25) is 0 Å². The Bertz CT molecular complexity index is 407. The van der Waals surface area contributed by atoms with Crippen LogP contribution in [0.25, 0.3) is 0 Å². The van der Waals surface area contributed by atoms with Crippen LogP contribution in [0.4, 0.5) is 0 Å². The van der Waals surface area contributed by atoms with E-state index in [4.69, 9.17) is 9.15 Å². The molecule has 0 aliphatic rings. The first-order valence-corrected chi connectivity index (χ1v) is 5.01. The summed E-state index contributed by atoms with van der Waals surface area (Å²) < 4.78 is 10.00. The summed E-state index contributed by atoms with van der Waals surface area (Å²) in [5.74, 6) is 0.160. The fourth-order valence-corrected chi connectivity index (χ4v) is 1.44. The van der Waals surface area contributed by atoms with Gasteiger partial charge in [-0.15, -0.1) is 0 Å². The van der Waals surface area contributed by atoms with E-state index in [1.165, 1.54) is 13.2 Å². The van der Waals surface area contributed by atoms with Crippen LogP contribution in [0.2, 0.25) is 0 Å². The summed E-state index contributed by atoms with van der Waals surface area (Å²) in [4.78, 5) is 11.3. The molecule has 0 bridgehead atoms. The molecule has 90 valence electrons. The first-order valence-electron chi connectivity index (χ1n) is 5.01. The predicted octanol–water partition coefficient (Wildman–Crippen LogP) is 0.625. The van der Waals surface area contributed by atoms with Gasteiger partial charge in [-0.1, -0.05) is 6.92 Å². The SMILES string of the molecule is COc1cc(=O)oc([C@@H](C)[C@H](C)O)c1CO. The number of aliphatic hydroxyl groups excluding tert-OH is 2. The average Bonchev–Trinajstić information content (AvgIpc) is 2.26. The molecule has 0 aliphatic heterocycles. The number of aliphatic hydroxyl groups is 2. The van der Waals surface area contributed by atoms with Gasteiger partial charge in [0.25, 0.3) is 0 Å². The van der Waals surface area contributed by atoms with Crippen LogP contribution in [0.5, 0.6) is 5.75 Å². The molecule has 0 saturated heterocycles. The van der Waals surface area contributed by atoms with Crippen molar-refractivity contribution in [2.75, 3.05) is 7.11 Å². The Morgan fingerprint density at radius 1 is 1.50 bits per heavy atom. The molecule has 5 heteroatoms. The van der Waals surface area contributed by atoms with E-state index in [0.717, 1.165) is 0 Å². The fourth-order valence-electron chi connectivity index (χ4n) is 1.44. The summed E-state index contributed by atoms with van der Waals surface area (Å²) in [7, 11) is 1.41. The van der Waals surface area contributed by atoms with E-state index in [9.17, 15) is 15.0 Å². The molecule has 0 radical (unpaired) electrons. The van der Waals surface area contributed by atoms with E-state index in [-0.39, 0.29) is 24.0 Å². The summed E-state index contributed by atoms with van der Waals surface area (Å²) in [6.45, 7) is 2.99. The van der Waals surface area contributed by atoms with Gasteiger partial charge in [-0.05, 0) is 6.92 Å². The molecule has 1 rings (SSSR count). The normalized spacial score (nSPS) is 14.6. The zero-order chi connectivity index (χ0) is 12.3. The second-order valence-corrected chi connectivity index (χ2v) is 3.66. The lowest BCUT2D eigenvalue weighted by Crippen LogP contribution is -2.16. The quantitative estimate of drug-likeness (QED) is 0.789. The van der Waals surface area contributed by atoms with Crippen LogP contribution >= 0.6 is 0 Å². The molecule has 0 aromatic carbocycles. The number of hydrogen-bond donors (Lipinski definition) is 2. The molecule has 1 aromatic heterocycles. The molecular weight excluding hydrogens is 212 g/mol. The zero-order valence-corrected chi connectivity index (χ0v) is 9.56. The van der Waals surface area contributed by atoms with Gasteiger partial charge in [-0.25, -0.2) is 4.79 Å². The largest absolute Gasteiger partial charge is 0.496 e. The van der Waals surface area contributed by atoms with Crippen molar-refractivity contribution < 1.29 is 19.4 Å². The van der Waals surface area contributed by atoms with Gasteiger partial charge >= 0.3 is 5.63 Å². The summed E-state index contributed by atoms with van der Waals surface area (Å²) in [5, 5.41) is 18.7. The third kappa shape index (κ3) is 2.43. The molecule has 2 N–H and O–H groups in total. The average molecular weight is 228 g/mol. The molecule has 0 saturated carbocycles. The van der Waals surface area contributed by atoms with Crippen LogP contribution < -0.4 is 10.4 Å². The van der Waals surface area contributed by atoms with E-state index in [0.29, 0.717) is 5.56 Å². The topological polar surface area (TPSA) is 79.9 Å². The van der Waals surface area contributed by atoms with Crippen molar-refractivity contribution in [1.82, 2.24) is 0 Å². The highest BCUT2D eigenvalue weighted by atomic mass is 16.5. The summed E-state index contributed by atoms with van der Waals surface area (Å²) in [6.07, 6.45) is -0.680. The van der Waals surface area contributed by atoms with Crippen molar-refractivity contribution in [2.24, 2.45) is 0 Å². The molecule has 2 atom stereocenters. The van der Waals surface area contributed by atoms with Crippen molar-refractivity contribution in [1.29, 1.82) is 0 Å². The molecule has 1 heterocycles. The summed E-state index contributed by atoms with van der Waals surface area (Å²) in [5.41, 5.74) is -0.160. The van der Waals surface area contributed by atoms with E-state index < -0.39 is 11.7 Å². The number of methoxy groups -OCH3 is 1. The van der Waals surface area contributed by atoms with Crippen LogP contribution in [0.3, 0.4) is 0 Å². The number of hydrogen-bond acceptors (Lipinski definition) is 5. The predicted molar refractivity (Wildman–Crippen MR) is 57.5 cm³/mol. The zero-order valence-electron chi connectivity index (χ0n) is 9.56. The fraction of sp³-hybridized carbons (Fsp3) is 0.545. The molecule has 5 nitrogen and oxygen atoms in total. The number of ether oxygens (including phenoxy) is 1. The second kappa shape index (κ2) is 5.14. The van der Waals surface area contributed by atoms with Gasteiger partial charge in [0.15, 0.2) is 0 Å². The molecule has 1 aromatic rings. The lowest BCUT2D eigenvalue weighted by molar-refractivity contribution is 0.152. The molecule has 0 aliphatic carbocycles. The van der Waals surface area contributed by atoms with Crippen molar-refractivity contribution in [3.05, 3.63) is 27.8 Å². The third-order valence-corrected chi connectivity index (χ3v) is 2.57. The van der Waals surface area contributed by atoms with Gasteiger partial charge in [-0.2, -0.15) is 0 Å². The van der Waals surface area contributed by atoms with Gasteiger partial charge in [0.05, 0.1) is 31.5 Å². The Balaban J connectivity index is 3.36. The molecule has 0 spiro atoms. The molecule has 0 fully saturated rings. The minimum atomic E-state index is -0.680. The van der Waals surface area contributed by atoms with Gasteiger partial charge in [0, 0.05) is 5.92 Å². The standard InChI is InChI=1S/C11H16O5/c1-6(7(2)13)11-8(5-12)9(15-3)4-10(14)16-11/h4,6-7,12-13H,5H2,1-3H3/t6-,7-/m0/s1. The minimum Gasteiger partial charge on any atom is -0.496 e. The van der Waals surface area contributed by atoms with Gasteiger partial charge in [0.2, 0.25) is 0 Å². The van der Waals surface area contributed by atoms with E-state index in [1.807, 2.05) is 0 Å². The Morgan fingerprint density at radius 2 is 2.12 bits per heavy atom. The van der Waals surface area contributed by atoms with E-state index in [1.54, 1.807) is 13.8 Å². The smallest absolute Gasteiger partial charge is 0.339 e. The Hall–Kier alpha value is -1.33. The van der Waals surface area contributed by atoms with E-state index >= 15 is 0 Å². The Morgan fingerprint density at radius 3 is 2.56 bits per heavy atom. The van der Waals surface area contributed by atoms with Crippen molar-refractivity contribution in [2.45, 2.75) is 32.5 Å². The highest BCUT2D eigenvalue weighted by Crippen LogP contribution is 2.28. The van der Waals surface area contributed by atoms with Crippen LogP contribution in [-0.4, -0.2) is 23.4 Å². The van der Waals surface area contributed by atoms with Crippen LogP contribution in [0.1, 0.15) is 31.1 Å². The summed E-state index contributed by atoms with van der Waals surface area (Å²) >= 11 is 0. The molecule has 16 heavy (non-hydrogen) atoms. The van der Waals surface area contributed by atoms with E-state index in [2.05, 4.69) is 0 Å².